The number of likely N-dealkylation sites (N-methyl/N-ethyl adjacent to an activating group) is 1. The highest BCUT2D eigenvalue weighted by atomic mass is 16.3. The number of pyridine rings is 1. The van der Waals surface area contributed by atoms with Crippen LogP contribution >= 0.6 is 0 Å². The maximum atomic E-state index is 12.6. The van der Waals surface area contributed by atoms with Crippen molar-refractivity contribution in [3.05, 3.63) is 45.2 Å². The molecule has 2 heterocycles. The minimum Gasteiger partial charge on any atom is -0.389 e. The Morgan fingerprint density at radius 2 is 1.96 bits per heavy atom. The number of H-pyrrole nitrogens is 1. The van der Waals surface area contributed by atoms with E-state index in [1.165, 1.54) is 0 Å². The predicted molar refractivity (Wildman–Crippen MR) is 107 cm³/mol. The maximum absolute atomic E-state index is 12.6. The van der Waals surface area contributed by atoms with Crippen LogP contribution in [0.25, 0.3) is 10.9 Å². The predicted octanol–water partition coefficient (Wildman–Crippen LogP) is 2.42. The van der Waals surface area contributed by atoms with Crippen molar-refractivity contribution in [2.75, 3.05) is 33.7 Å². The second-order valence-electron chi connectivity index (χ2n) is 8.26. The van der Waals surface area contributed by atoms with Gasteiger partial charge in [0, 0.05) is 36.8 Å². The minimum atomic E-state index is -0.608. The first kappa shape index (κ1) is 19.1. The fraction of sp³-hybridized carbons (Fsp3) is 0.571. The zero-order valence-electron chi connectivity index (χ0n) is 16.4. The molecule has 5 heteroatoms. The van der Waals surface area contributed by atoms with E-state index in [4.69, 9.17) is 0 Å². The molecule has 26 heavy (non-hydrogen) atoms. The van der Waals surface area contributed by atoms with Gasteiger partial charge in [0.2, 0.25) is 0 Å². The van der Waals surface area contributed by atoms with Gasteiger partial charge in [0.1, 0.15) is 0 Å². The molecule has 0 aliphatic carbocycles. The van der Waals surface area contributed by atoms with Gasteiger partial charge in [-0.25, -0.2) is 0 Å². The molecule has 0 spiro atoms. The Morgan fingerprint density at radius 3 is 2.69 bits per heavy atom. The average Bonchev–Trinajstić information content (AvgIpc) is 2.70. The van der Waals surface area contributed by atoms with Gasteiger partial charge in [0.15, 0.2) is 5.43 Å². The molecule has 1 aromatic heterocycles. The molecule has 0 amide bonds. The lowest BCUT2D eigenvalue weighted by atomic mass is 9.94. The van der Waals surface area contributed by atoms with E-state index in [1.54, 1.807) is 6.07 Å². The molecule has 3 rings (SSSR count). The molecule has 5 nitrogen and oxygen atoms in total. The number of likely N-dealkylation sites (tertiary alicyclic amines) is 1. The molecule has 2 aromatic rings. The monoisotopic (exact) mass is 357 g/mol. The highest BCUT2D eigenvalue weighted by Gasteiger charge is 2.30. The number of nitrogens with one attached hydrogen (secondary N) is 1. The van der Waals surface area contributed by atoms with Crippen LogP contribution in [0.2, 0.25) is 0 Å². The summed E-state index contributed by atoms with van der Waals surface area (Å²) in [6, 6.07) is 5.80. The number of aromatic nitrogens is 1. The second-order valence-corrected chi connectivity index (χ2v) is 8.26. The molecule has 0 radical (unpaired) electrons. The van der Waals surface area contributed by atoms with E-state index < -0.39 is 5.60 Å². The molecule has 1 aliphatic heterocycles. The molecule has 1 atom stereocenters. The topological polar surface area (TPSA) is 59.6 Å². The first-order valence-electron chi connectivity index (χ1n) is 9.48. The molecule has 2 N–H and O–H groups in total. The Balaban J connectivity index is 1.78. The summed E-state index contributed by atoms with van der Waals surface area (Å²) in [5.41, 5.74) is 3.59. The van der Waals surface area contributed by atoms with Gasteiger partial charge in [-0.05, 0) is 70.9 Å². The molecule has 142 valence electrons. The van der Waals surface area contributed by atoms with Crippen molar-refractivity contribution in [1.29, 1.82) is 0 Å². The first-order valence-corrected chi connectivity index (χ1v) is 9.48. The number of aliphatic hydroxyl groups is 1. The third-order valence-electron chi connectivity index (χ3n) is 5.35. The van der Waals surface area contributed by atoms with E-state index in [0.717, 1.165) is 66.6 Å². The molecule has 1 fully saturated rings. The fourth-order valence-electron chi connectivity index (χ4n) is 4.23. The van der Waals surface area contributed by atoms with E-state index in [-0.39, 0.29) is 5.43 Å². The van der Waals surface area contributed by atoms with Crippen molar-refractivity contribution in [2.24, 2.45) is 0 Å². The van der Waals surface area contributed by atoms with Gasteiger partial charge in [0.05, 0.1) is 11.1 Å². The number of nitrogens with zero attached hydrogens (tertiary/aromatic N) is 2. The van der Waals surface area contributed by atoms with Crippen LogP contribution in [0.5, 0.6) is 0 Å². The SMILES string of the molecule is Cc1cc(C)c2[nH]c(CN3CCCC(O)(CN(C)C)CC3)cc(=O)c2c1. The molecule has 1 saturated heterocycles. The lowest BCUT2D eigenvalue weighted by molar-refractivity contribution is 0.00255. The van der Waals surface area contributed by atoms with Crippen molar-refractivity contribution in [2.45, 2.75) is 45.3 Å². The van der Waals surface area contributed by atoms with Crippen molar-refractivity contribution < 1.29 is 5.11 Å². The van der Waals surface area contributed by atoms with Crippen LogP contribution < -0.4 is 5.43 Å². The van der Waals surface area contributed by atoms with Gasteiger partial charge in [-0.1, -0.05) is 6.07 Å². The standard InChI is InChI=1S/C21H31N3O2/c1-15-10-16(2)20-18(11-15)19(25)12-17(22-20)13-24-8-5-6-21(26,7-9-24)14-23(3)4/h10-12,26H,5-9,13-14H2,1-4H3,(H,22,25). The molecule has 0 bridgehead atoms. The van der Waals surface area contributed by atoms with Crippen molar-refractivity contribution in [3.8, 4) is 0 Å². The summed E-state index contributed by atoms with van der Waals surface area (Å²) in [6.07, 6.45) is 2.57. The number of benzene rings is 1. The quantitative estimate of drug-likeness (QED) is 0.882. The number of rotatable bonds is 4. The Labute approximate surface area is 155 Å². The largest absolute Gasteiger partial charge is 0.389 e. The van der Waals surface area contributed by atoms with Crippen LogP contribution in [0.15, 0.2) is 23.0 Å². The zero-order valence-corrected chi connectivity index (χ0v) is 16.4. The second kappa shape index (κ2) is 7.51. The van der Waals surface area contributed by atoms with Gasteiger partial charge in [-0.2, -0.15) is 0 Å². The summed E-state index contributed by atoms with van der Waals surface area (Å²) in [6.45, 7) is 7.27. The van der Waals surface area contributed by atoms with Gasteiger partial charge in [0.25, 0.3) is 0 Å². The Morgan fingerprint density at radius 1 is 1.19 bits per heavy atom. The first-order chi connectivity index (χ1) is 12.3. The van der Waals surface area contributed by atoms with E-state index in [0.29, 0.717) is 6.54 Å². The highest BCUT2D eigenvalue weighted by molar-refractivity contribution is 5.82. The molecular formula is C21H31N3O2. The van der Waals surface area contributed by atoms with Gasteiger partial charge in [-0.3, -0.25) is 9.69 Å². The lowest BCUT2D eigenvalue weighted by Gasteiger charge is -2.30. The third-order valence-corrected chi connectivity index (χ3v) is 5.35. The Hall–Kier alpha value is -1.69. The smallest absolute Gasteiger partial charge is 0.189 e. The number of hydrogen-bond acceptors (Lipinski definition) is 4. The highest BCUT2D eigenvalue weighted by Crippen LogP contribution is 2.24. The molecule has 1 aliphatic rings. The van der Waals surface area contributed by atoms with Gasteiger partial charge < -0.3 is 15.0 Å². The van der Waals surface area contributed by atoms with Crippen LogP contribution in [0.1, 0.15) is 36.1 Å². The lowest BCUT2D eigenvalue weighted by Crippen LogP contribution is -2.40. The minimum absolute atomic E-state index is 0.0829. The van der Waals surface area contributed by atoms with Gasteiger partial charge >= 0.3 is 0 Å². The molecule has 0 saturated carbocycles. The maximum Gasteiger partial charge on any atom is 0.189 e. The average molecular weight is 357 g/mol. The van der Waals surface area contributed by atoms with E-state index in [9.17, 15) is 9.90 Å². The summed E-state index contributed by atoms with van der Waals surface area (Å²) in [4.78, 5) is 20.4. The van der Waals surface area contributed by atoms with Crippen LogP contribution in [0.4, 0.5) is 0 Å². The normalized spacial score (nSPS) is 22.1. The Bertz CT molecular complexity index is 843. The summed E-state index contributed by atoms with van der Waals surface area (Å²) >= 11 is 0. The van der Waals surface area contributed by atoms with Crippen molar-refractivity contribution >= 4 is 10.9 Å². The molecular weight excluding hydrogens is 326 g/mol. The van der Waals surface area contributed by atoms with Crippen molar-refractivity contribution in [3.63, 3.8) is 0 Å². The zero-order chi connectivity index (χ0) is 18.9. The van der Waals surface area contributed by atoms with E-state index >= 15 is 0 Å². The summed E-state index contributed by atoms with van der Waals surface area (Å²) in [5, 5.41) is 11.6. The summed E-state index contributed by atoms with van der Waals surface area (Å²) < 4.78 is 0. The summed E-state index contributed by atoms with van der Waals surface area (Å²) in [5.74, 6) is 0. The van der Waals surface area contributed by atoms with E-state index in [1.807, 2.05) is 34.0 Å². The number of fused-ring (bicyclic) bond motifs is 1. The Kier molecular flexibility index (Phi) is 5.51. The number of aromatic amines is 1. The van der Waals surface area contributed by atoms with Crippen molar-refractivity contribution in [1.82, 2.24) is 14.8 Å². The van der Waals surface area contributed by atoms with E-state index in [2.05, 4.69) is 20.9 Å². The molecule has 1 aromatic carbocycles. The van der Waals surface area contributed by atoms with Crippen LogP contribution in [0.3, 0.4) is 0 Å². The summed E-state index contributed by atoms with van der Waals surface area (Å²) in [7, 11) is 4.01. The fourth-order valence-corrected chi connectivity index (χ4v) is 4.23. The molecule has 1 unspecified atom stereocenters. The van der Waals surface area contributed by atoms with Crippen LogP contribution in [0, 0.1) is 13.8 Å². The number of aryl methyl sites for hydroxylation is 2. The van der Waals surface area contributed by atoms with Crippen LogP contribution in [-0.2, 0) is 6.54 Å². The number of hydrogen-bond donors (Lipinski definition) is 2. The third kappa shape index (κ3) is 4.34. The van der Waals surface area contributed by atoms with Crippen LogP contribution in [-0.4, -0.2) is 59.2 Å². The van der Waals surface area contributed by atoms with Gasteiger partial charge in [-0.15, -0.1) is 0 Å².